The van der Waals surface area contributed by atoms with Gasteiger partial charge in [-0.25, -0.2) is 0 Å². The Hall–Kier alpha value is -1.29. The Bertz CT molecular complexity index is 440. The summed E-state index contributed by atoms with van der Waals surface area (Å²) in [6.07, 6.45) is 8.11. The van der Waals surface area contributed by atoms with Crippen molar-refractivity contribution in [1.82, 2.24) is 0 Å². The summed E-state index contributed by atoms with van der Waals surface area (Å²) in [5.41, 5.74) is 1.05. The molecule has 0 aliphatic rings. The van der Waals surface area contributed by atoms with Crippen LogP contribution in [0.4, 0.5) is 0 Å². The van der Waals surface area contributed by atoms with Crippen LogP contribution in [0, 0.1) is 10.1 Å². The van der Waals surface area contributed by atoms with Crippen molar-refractivity contribution in [3.8, 4) is 0 Å². The second-order valence-corrected chi connectivity index (χ2v) is 6.04. The van der Waals surface area contributed by atoms with Crippen molar-refractivity contribution in [3.63, 3.8) is 0 Å². The summed E-state index contributed by atoms with van der Waals surface area (Å²) >= 11 is 1.86. The lowest BCUT2D eigenvalue weighted by Crippen LogP contribution is -1.92. The molecule has 0 aliphatic heterocycles. The zero-order valence-corrected chi connectivity index (χ0v) is 13.1. The number of allylic oxidation sites excluding steroid dienone is 1. The molecule has 110 valence electrons. The van der Waals surface area contributed by atoms with Gasteiger partial charge in [-0.3, -0.25) is 10.1 Å². The van der Waals surface area contributed by atoms with Crippen LogP contribution in [-0.2, 0) is 0 Å². The zero-order valence-electron chi connectivity index (χ0n) is 12.3. The molecule has 1 rings (SSSR count). The first kappa shape index (κ1) is 16.8. The molecule has 1 aromatic rings. The average Bonchev–Trinajstić information content (AvgIpc) is 2.44. The lowest BCUT2D eigenvalue weighted by Gasteiger charge is -2.02. The Morgan fingerprint density at radius 2 is 1.85 bits per heavy atom. The SMILES string of the molecule is CCCCCCCSc1ccc(/C=C(/C)[N+](=O)[O-])cc1. The fraction of sp³-hybridized carbons (Fsp3) is 0.500. The fourth-order valence-electron chi connectivity index (χ4n) is 1.85. The Morgan fingerprint density at radius 3 is 2.45 bits per heavy atom. The van der Waals surface area contributed by atoms with E-state index in [0.717, 1.165) is 11.3 Å². The second kappa shape index (κ2) is 9.59. The number of nitro groups is 1. The molecule has 0 fully saturated rings. The van der Waals surface area contributed by atoms with E-state index in [0.29, 0.717) is 0 Å². The molecule has 4 heteroatoms. The number of unbranched alkanes of at least 4 members (excludes halogenated alkanes) is 4. The van der Waals surface area contributed by atoms with Gasteiger partial charge in [0.2, 0.25) is 5.70 Å². The Morgan fingerprint density at radius 1 is 1.20 bits per heavy atom. The monoisotopic (exact) mass is 293 g/mol. The normalized spacial score (nSPS) is 11.6. The predicted molar refractivity (Wildman–Crippen MR) is 86.6 cm³/mol. The van der Waals surface area contributed by atoms with Crippen molar-refractivity contribution < 1.29 is 4.92 Å². The van der Waals surface area contributed by atoms with Crippen molar-refractivity contribution in [2.24, 2.45) is 0 Å². The van der Waals surface area contributed by atoms with Crippen molar-refractivity contribution in [1.29, 1.82) is 0 Å². The standard InChI is InChI=1S/C16H23NO2S/c1-3-4-5-6-7-12-20-16-10-8-15(9-11-16)13-14(2)17(18)19/h8-11,13H,3-7,12H2,1-2H3/b14-13-. The topological polar surface area (TPSA) is 43.1 Å². The third kappa shape index (κ3) is 6.75. The smallest absolute Gasteiger partial charge is 0.243 e. The van der Waals surface area contributed by atoms with E-state index in [4.69, 9.17) is 0 Å². The summed E-state index contributed by atoms with van der Waals surface area (Å²) in [5, 5.41) is 10.6. The minimum atomic E-state index is -0.362. The van der Waals surface area contributed by atoms with Gasteiger partial charge in [0.25, 0.3) is 0 Å². The molecule has 0 unspecified atom stereocenters. The van der Waals surface area contributed by atoms with Crippen LogP contribution in [0.15, 0.2) is 34.9 Å². The lowest BCUT2D eigenvalue weighted by molar-refractivity contribution is -0.422. The zero-order chi connectivity index (χ0) is 14.8. The third-order valence-corrected chi connectivity index (χ3v) is 4.16. The highest BCUT2D eigenvalue weighted by Crippen LogP contribution is 2.21. The molecule has 0 heterocycles. The highest BCUT2D eigenvalue weighted by Gasteiger charge is 2.02. The number of hydrogen-bond acceptors (Lipinski definition) is 3. The summed E-state index contributed by atoms with van der Waals surface area (Å²) in [4.78, 5) is 11.4. The largest absolute Gasteiger partial charge is 0.259 e. The quantitative estimate of drug-likeness (QED) is 0.265. The van der Waals surface area contributed by atoms with E-state index in [-0.39, 0.29) is 10.6 Å². The van der Waals surface area contributed by atoms with E-state index in [1.54, 1.807) is 6.08 Å². The Kier molecular flexibility index (Phi) is 8.04. The van der Waals surface area contributed by atoms with Crippen LogP contribution in [0.5, 0.6) is 0 Å². The highest BCUT2D eigenvalue weighted by molar-refractivity contribution is 7.99. The average molecular weight is 293 g/mol. The van der Waals surface area contributed by atoms with Crippen LogP contribution in [0.1, 0.15) is 51.5 Å². The first-order valence-corrected chi connectivity index (χ1v) is 8.17. The van der Waals surface area contributed by atoms with Crippen molar-refractivity contribution in [2.45, 2.75) is 50.8 Å². The maximum Gasteiger partial charge on any atom is 0.243 e. The van der Waals surface area contributed by atoms with Gasteiger partial charge in [-0.2, -0.15) is 0 Å². The molecule has 0 N–H and O–H groups in total. The van der Waals surface area contributed by atoms with Crippen LogP contribution in [0.2, 0.25) is 0 Å². The van der Waals surface area contributed by atoms with Gasteiger partial charge in [-0.15, -0.1) is 11.8 Å². The number of thioether (sulfide) groups is 1. The van der Waals surface area contributed by atoms with E-state index in [2.05, 4.69) is 6.92 Å². The van der Waals surface area contributed by atoms with Gasteiger partial charge in [0.1, 0.15) is 0 Å². The molecule has 0 aromatic heterocycles. The predicted octanol–water partition coefficient (Wildman–Crippen LogP) is 5.39. The van der Waals surface area contributed by atoms with Gasteiger partial charge in [-0.1, -0.05) is 44.7 Å². The molecule has 0 aliphatic carbocycles. The second-order valence-electron chi connectivity index (χ2n) is 4.87. The van der Waals surface area contributed by atoms with E-state index < -0.39 is 0 Å². The van der Waals surface area contributed by atoms with E-state index >= 15 is 0 Å². The molecule has 20 heavy (non-hydrogen) atoms. The Balaban J connectivity index is 2.35. The molecular weight excluding hydrogens is 270 g/mol. The maximum atomic E-state index is 10.6. The molecule has 0 radical (unpaired) electrons. The van der Waals surface area contributed by atoms with Gasteiger partial charge in [0.15, 0.2) is 0 Å². The molecular formula is C16H23NO2S. The van der Waals surface area contributed by atoms with Gasteiger partial charge in [-0.05, 0) is 29.9 Å². The van der Waals surface area contributed by atoms with Crippen LogP contribution in [0.25, 0.3) is 6.08 Å². The van der Waals surface area contributed by atoms with E-state index in [1.807, 2.05) is 36.0 Å². The lowest BCUT2D eigenvalue weighted by atomic mass is 10.2. The van der Waals surface area contributed by atoms with Crippen molar-refractivity contribution in [2.75, 3.05) is 5.75 Å². The first-order valence-electron chi connectivity index (χ1n) is 7.19. The summed E-state index contributed by atoms with van der Waals surface area (Å²) in [6, 6.07) is 7.95. The minimum absolute atomic E-state index is 0.168. The van der Waals surface area contributed by atoms with E-state index in [9.17, 15) is 10.1 Å². The van der Waals surface area contributed by atoms with Crippen LogP contribution < -0.4 is 0 Å². The molecule has 1 aromatic carbocycles. The van der Waals surface area contributed by atoms with Gasteiger partial charge in [0, 0.05) is 17.9 Å². The molecule has 0 spiro atoms. The summed E-state index contributed by atoms with van der Waals surface area (Å²) < 4.78 is 0. The number of nitrogens with zero attached hydrogens (tertiary/aromatic N) is 1. The molecule has 0 saturated heterocycles. The summed E-state index contributed by atoms with van der Waals surface area (Å²) in [5.74, 6) is 1.15. The number of hydrogen-bond donors (Lipinski definition) is 0. The van der Waals surface area contributed by atoms with Crippen LogP contribution in [0.3, 0.4) is 0 Å². The summed E-state index contributed by atoms with van der Waals surface area (Å²) in [7, 11) is 0. The molecule has 3 nitrogen and oxygen atoms in total. The van der Waals surface area contributed by atoms with Gasteiger partial charge < -0.3 is 0 Å². The number of benzene rings is 1. The minimum Gasteiger partial charge on any atom is -0.259 e. The van der Waals surface area contributed by atoms with E-state index in [1.165, 1.54) is 43.9 Å². The summed E-state index contributed by atoms with van der Waals surface area (Å²) in [6.45, 7) is 3.74. The third-order valence-electron chi connectivity index (χ3n) is 3.06. The Labute approximate surface area is 125 Å². The maximum absolute atomic E-state index is 10.6. The van der Waals surface area contributed by atoms with Gasteiger partial charge >= 0.3 is 0 Å². The van der Waals surface area contributed by atoms with Crippen molar-refractivity contribution >= 4 is 17.8 Å². The van der Waals surface area contributed by atoms with Crippen LogP contribution in [-0.4, -0.2) is 10.7 Å². The molecule has 0 saturated carbocycles. The first-order chi connectivity index (χ1) is 9.63. The molecule has 0 atom stereocenters. The van der Waals surface area contributed by atoms with Gasteiger partial charge in [0.05, 0.1) is 4.92 Å². The van der Waals surface area contributed by atoms with Crippen LogP contribution >= 0.6 is 11.8 Å². The molecule has 0 bridgehead atoms. The highest BCUT2D eigenvalue weighted by atomic mass is 32.2. The van der Waals surface area contributed by atoms with Crippen molar-refractivity contribution in [3.05, 3.63) is 45.6 Å². The fourth-order valence-corrected chi connectivity index (χ4v) is 2.76. The number of rotatable bonds is 9. The molecule has 0 amide bonds.